The van der Waals surface area contributed by atoms with Crippen LogP contribution in [0.15, 0.2) is 30.9 Å². The zero-order valence-electron chi connectivity index (χ0n) is 13.8. The van der Waals surface area contributed by atoms with Gasteiger partial charge in [0.15, 0.2) is 11.6 Å². The molecule has 6 heteroatoms. The number of hydrogen-bond donors (Lipinski definition) is 1. The number of hydrogen-bond acceptors (Lipinski definition) is 3. The highest BCUT2D eigenvalue weighted by molar-refractivity contribution is 7.89. The number of rotatable bonds is 9. The molecule has 0 heterocycles. The van der Waals surface area contributed by atoms with E-state index in [2.05, 4.69) is 11.3 Å². The van der Waals surface area contributed by atoms with E-state index in [9.17, 15) is 12.8 Å². The van der Waals surface area contributed by atoms with Gasteiger partial charge >= 0.3 is 0 Å². The van der Waals surface area contributed by atoms with E-state index in [0.29, 0.717) is 31.8 Å². The van der Waals surface area contributed by atoms with Gasteiger partial charge in [0.25, 0.3) is 0 Å². The van der Waals surface area contributed by atoms with E-state index < -0.39 is 21.4 Å². The number of halogens is 1. The summed E-state index contributed by atoms with van der Waals surface area (Å²) in [5.41, 5.74) is 0.164. The van der Waals surface area contributed by atoms with Gasteiger partial charge in [-0.2, -0.15) is 0 Å². The second-order valence-corrected chi connectivity index (χ2v) is 8.68. The number of nitrogens with one attached hydrogen (secondary N) is 1. The molecule has 2 saturated carbocycles. The predicted molar refractivity (Wildman–Crippen MR) is 91.9 cm³/mol. The number of ether oxygens (including phenoxy) is 1. The normalized spacial score (nSPS) is 19.5. The lowest BCUT2D eigenvalue weighted by Crippen LogP contribution is -2.36. The third-order valence-corrected chi connectivity index (χ3v) is 6.35. The first kappa shape index (κ1) is 17.4. The second-order valence-electron chi connectivity index (χ2n) is 6.83. The van der Waals surface area contributed by atoms with Gasteiger partial charge in [-0.3, -0.25) is 0 Å². The molecule has 24 heavy (non-hydrogen) atoms. The van der Waals surface area contributed by atoms with Gasteiger partial charge in [-0.15, -0.1) is 6.58 Å². The monoisotopic (exact) mass is 353 g/mol. The maximum Gasteiger partial charge on any atom is 0.212 e. The Hall–Kier alpha value is -1.40. The van der Waals surface area contributed by atoms with E-state index in [-0.39, 0.29) is 11.5 Å². The molecule has 0 spiro atoms. The summed E-state index contributed by atoms with van der Waals surface area (Å²) >= 11 is 0. The number of sulfonamides is 1. The van der Waals surface area contributed by atoms with Crippen LogP contribution in [0.5, 0.6) is 5.75 Å². The Morgan fingerprint density at radius 1 is 1.38 bits per heavy atom. The molecule has 132 valence electrons. The van der Waals surface area contributed by atoms with Crippen LogP contribution in [0.4, 0.5) is 4.39 Å². The van der Waals surface area contributed by atoms with Crippen molar-refractivity contribution in [3.8, 4) is 5.75 Å². The molecule has 2 aliphatic carbocycles. The van der Waals surface area contributed by atoms with Crippen molar-refractivity contribution in [2.24, 2.45) is 5.92 Å². The molecule has 0 aromatic heterocycles. The molecule has 1 aromatic carbocycles. The fourth-order valence-electron chi connectivity index (χ4n) is 2.94. The average Bonchev–Trinajstić information content (AvgIpc) is 3.25. The molecule has 0 atom stereocenters. The van der Waals surface area contributed by atoms with Crippen LogP contribution in [-0.4, -0.2) is 20.8 Å². The molecule has 1 N–H and O–H groups in total. The highest BCUT2D eigenvalue weighted by Gasteiger charge is 2.47. The first-order chi connectivity index (χ1) is 11.4. The van der Waals surface area contributed by atoms with Gasteiger partial charge in [0, 0.05) is 0 Å². The minimum absolute atomic E-state index is 0.0183. The molecule has 3 rings (SSSR count). The summed E-state index contributed by atoms with van der Waals surface area (Å²) in [5, 5.41) is 0. The largest absolute Gasteiger partial charge is 0.490 e. The lowest BCUT2D eigenvalue weighted by Gasteiger charge is -2.25. The standard InChI is InChI=1S/C18H24FNO3S/c1-2-3-11-24(21,22)20-18(9-10-18)15-7-8-16(19)17(12-15)23-13-14-5-4-6-14/h2,7-8,12,14,20H,1,3-6,9-11,13H2. The molecule has 2 fully saturated rings. The van der Waals surface area contributed by atoms with Gasteiger partial charge in [0.05, 0.1) is 17.9 Å². The van der Waals surface area contributed by atoms with Crippen LogP contribution < -0.4 is 9.46 Å². The molecule has 0 bridgehead atoms. The van der Waals surface area contributed by atoms with Crippen molar-refractivity contribution >= 4 is 10.0 Å². The molecular weight excluding hydrogens is 329 g/mol. The van der Waals surface area contributed by atoms with Crippen LogP contribution in [0.2, 0.25) is 0 Å². The predicted octanol–water partition coefficient (Wildman–Crippen LogP) is 3.49. The van der Waals surface area contributed by atoms with Crippen LogP contribution >= 0.6 is 0 Å². The van der Waals surface area contributed by atoms with E-state index in [4.69, 9.17) is 4.74 Å². The Morgan fingerprint density at radius 3 is 2.71 bits per heavy atom. The lowest BCUT2D eigenvalue weighted by atomic mass is 9.86. The second kappa shape index (κ2) is 6.84. The third-order valence-electron chi connectivity index (χ3n) is 4.87. The Kier molecular flexibility index (Phi) is 4.97. The Bertz CT molecular complexity index is 709. The van der Waals surface area contributed by atoms with Gasteiger partial charge in [-0.1, -0.05) is 18.6 Å². The molecule has 2 aliphatic rings. The zero-order chi connectivity index (χ0) is 17.2. The fourth-order valence-corrected chi connectivity index (χ4v) is 4.44. The van der Waals surface area contributed by atoms with Crippen molar-refractivity contribution in [2.45, 2.75) is 44.1 Å². The van der Waals surface area contributed by atoms with Crippen molar-refractivity contribution in [2.75, 3.05) is 12.4 Å². The van der Waals surface area contributed by atoms with Crippen molar-refractivity contribution in [3.05, 3.63) is 42.2 Å². The third kappa shape index (κ3) is 3.98. The lowest BCUT2D eigenvalue weighted by molar-refractivity contribution is 0.175. The maximum atomic E-state index is 14.0. The Balaban J connectivity index is 1.72. The van der Waals surface area contributed by atoms with Crippen LogP contribution in [-0.2, 0) is 15.6 Å². The highest BCUT2D eigenvalue weighted by Crippen LogP contribution is 2.47. The maximum absolute atomic E-state index is 14.0. The summed E-state index contributed by atoms with van der Waals surface area (Å²) in [4.78, 5) is 0. The van der Waals surface area contributed by atoms with Crippen molar-refractivity contribution in [1.82, 2.24) is 4.72 Å². The topological polar surface area (TPSA) is 55.4 Å². The van der Waals surface area contributed by atoms with Crippen molar-refractivity contribution in [3.63, 3.8) is 0 Å². The Morgan fingerprint density at radius 2 is 2.12 bits per heavy atom. The molecule has 4 nitrogen and oxygen atoms in total. The highest BCUT2D eigenvalue weighted by atomic mass is 32.2. The molecule has 0 radical (unpaired) electrons. The van der Waals surface area contributed by atoms with Gasteiger partial charge in [0.1, 0.15) is 0 Å². The minimum atomic E-state index is -3.39. The summed E-state index contributed by atoms with van der Waals surface area (Å²) in [6.07, 6.45) is 6.91. The first-order valence-corrected chi connectivity index (χ1v) is 10.1. The molecule has 0 aliphatic heterocycles. The summed E-state index contributed by atoms with van der Waals surface area (Å²) in [6, 6.07) is 4.66. The van der Waals surface area contributed by atoms with E-state index in [0.717, 1.165) is 18.4 Å². The minimum Gasteiger partial charge on any atom is -0.490 e. The zero-order valence-corrected chi connectivity index (χ0v) is 14.6. The molecule has 1 aromatic rings. The molecule has 0 amide bonds. The quantitative estimate of drug-likeness (QED) is 0.692. The number of allylic oxidation sites excluding steroid dienone is 1. The fraction of sp³-hybridized carbons (Fsp3) is 0.556. The molecule has 0 saturated heterocycles. The molecule has 0 unspecified atom stereocenters. The SMILES string of the molecule is C=CCCS(=O)(=O)NC1(c2ccc(F)c(OCC3CCC3)c2)CC1. The van der Waals surface area contributed by atoms with Crippen molar-refractivity contribution < 1.29 is 17.5 Å². The van der Waals surface area contributed by atoms with E-state index in [1.54, 1.807) is 18.2 Å². The molecular formula is C18H24FNO3S. The van der Waals surface area contributed by atoms with E-state index in [1.807, 2.05) is 0 Å². The first-order valence-electron chi connectivity index (χ1n) is 8.49. The van der Waals surface area contributed by atoms with Gasteiger partial charge in [-0.05, 0) is 55.7 Å². The summed E-state index contributed by atoms with van der Waals surface area (Å²) < 4.78 is 46.7. The summed E-state index contributed by atoms with van der Waals surface area (Å²) in [5.74, 6) is 0.351. The Labute approximate surface area is 143 Å². The van der Waals surface area contributed by atoms with Gasteiger partial charge < -0.3 is 4.74 Å². The summed E-state index contributed by atoms with van der Waals surface area (Å²) in [6.45, 7) is 4.08. The van der Waals surface area contributed by atoms with Crippen LogP contribution in [0.25, 0.3) is 0 Å². The van der Waals surface area contributed by atoms with Gasteiger partial charge in [0.2, 0.25) is 10.0 Å². The van der Waals surface area contributed by atoms with Gasteiger partial charge in [-0.25, -0.2) is 17.5 Å². The van der Waals surface area contributed by atoms with E-state index in [1.165, 1.54) is 12.5 Å². The van der Waals surface area contributed by atoms with Crippen LogP contribution in [0, 0.1) is 11.7 Å². The van der Waals surface area contributed by atoms with Crippen LogP contribution in [0.1, 0.15) is 44.1 Å². The van der Waals surface area contributed by atoms with Crippen LogP contribution in [0.3, 0.4) is 0 Å². The smallest absolute Gasteiger partial charge is 0.212 e. The summed E-state index contributed by atoms with van der Waals surface area (Å²) in [7, 11) is -3.39. The number of benzene rings is 1. The van der Waals surface area contributed by atoms with Crippen molar-refractivity contribution in [1.29, 1.82) is 0 Å². The van der Waals surface area contributed by atoms with E-state index >= 15 is 0 Å². The average molecular weight is 353 g/mol.